The first-order chi connectivity index (χ1) is 15.9. The maximum atomic E-state index is 13.4. The lowest BCUT2D eigenvalue weighted by Crippen LogP contribution is -2.48. The zero-order valence-corrected chi connectivity index (χ0v) is 18.9. The lowest BCUT2D eigenvalue weighted by molar-refractivity contribution is -0.0593. The Balaban J connectivity index is 1.49. The first-order valence-electron chi connectivity index (χ1n) is 10.4. The molecule has 0 bridgehead atoms. The van der Waals surface area contributed by atoms with E-state index in [4.69, 9.17) is 29.0 Å². The molecule has 5 rings (SSSR count). The number of hydrogen-bond acceptors (Lipinski definition) is 11. The van der Waals surface area contributed by atoms with E-state index >= 15 is 0 Å². The topological polar surface area (TPSA) is 194 Å². The van der Waals surface area contributed by atoms with Crippen LogP contribution in [0.2, 0.25) is 0 Å². The molecule has 3 aliphatic rings. The van der Waals surface area contributed by atoms with Crippen LogP contribution in [0.1, 0.15) is 26.0 Å². The highest BCUT2D eigenvalue weighted by Crippen LogP contribution is 2.57. The number of ether oxygens (including phenoxy) is 3. The standard InChI is InChI=1S/C17H24N9O6P/c1-17(24-25-19)12-10(7-30-33(27,32-12)23-9-3-5-29-6-4-9)31-15(17)26-8-20-11-13(26)21-16(18)22-14(11)28-2/h8-10,12,15H,3-7H2,1-2H3,(H,23,27)(H2,18,21,22)/t10-,12-,15-,17-,33?/m1/s1. The molecule has 5 heterocycles. The first kappa shape index (κ1) is 22.3. The number of azide groups is 1. The monoisotopic (exact) mass is 481 g/mol. The van der Waals surface area contributed by atoms with Gasteiger partial charge in [0, 0.05) is 24.2 Å². The quantitative estimate of drug-likeness (QED) is 0.273. The van der Waals surface area contributed by atoms with Gasteiger partial charge in [0.15, 0.2) is 17.4 Å². The van der Waals surface area contributed by atoms with Gasteiger partial charge in [-0.2, -0.15) is 9.97 Å². The molecule has 1 unspecified atom stereocenters. The predicted octanol–water partition coefficient (Wildman–Crippen LogP) is 1.68. The van der Waals surface area contributed by atoms with E-state index < -0.39 is 31.7 Å². The highest BCUT2D eigenvalue weighted by molar-refractivity contribution is 7.51. The molecule has 0 saturated carbocycles. The number of nitrogens with zero attached hydrogens (tertiary/aromatic N) is 7. The van der Waals surface area contributed by atoms with E-state index in [0.29, 0.717) is 37.2 Å². The highest BCUT2D eigenvalue weighted by Gasteiger charge is 2.60. The second-order valence-electron chi connectivity index (χ2n) is 8.19. The SMILES string of the molecule is COc1nc(N)nc2c1ncn2[C@@H]1O[C@@H]2COP(=O)(NC3CCOCC3)O[C@H]2[C@@]1(C)N=[N+]=[N-]. The summed E-state index contributed by atoms with van der Waals surface area (Å²) < 4.78 is 43.3. The Hall–Kier alpha value is -2.51. The van der Waals surface area contributed by atoms with Crippen LogP contribution in [0.15, 0.2) is 11.4 Å². The minimum atomic E-state index is -3.69. The van der Waals surface area contributed by atoms with Crippen molar-refractivity contribution in [3.8, 4) is 5.88 Å². The molecule has 0 amide bonds. The molecule has 0 aliphatic carbocycles. The number of fused-ring (bicyclic) bond motifs is 2. The third kappa shape index (κ3) is 3.81. The summed E-state index contributed by atoms with van der Waals surface area (Å²) in [6.07, 6.45) is 0.426. The molecule has 2 aromatic rings. The summed E-state index contributed by atoms with van der Waals surface area (Å²) in [7, 11) is -2.24. The first-order valence-corrected chi connectivity index (χ1v) is 12.0. The lowest BCUT2D eigenvalue weighted by Gasteiger charge is -2.37. The molecule has 3 N–H and O–H groups in total. The molecule has 0 spiro atoms. The number of nitrogen functional groups attached to an aromatic ring is 1. The van der Waals surface area contributed by atoms with Crippen LogP contribution >= 0.6 is 7.75 Å². The Morgan fingerprint density at radius 1 is 1.42 bits per heavy atom. The van der Waals surface area contributed by atoms with Crippen LogP contribution in [0.5, 0.6) is 5.88 Å². The van der Waals surface area contributed by atoms with Crippen molar-refractivity contribution >= 4 is 24.9 Å². The molecule has 3 fully saturated rings. The van der Waals surface area contributed by atoms with E-state index in [0.717, 1.165) is 0 Å². The van der Waals surface area contributed by atoms with Crippen LogP contribution in [-0.4, -0.2) is 70.2 Å². The van der Waals surface area contributed by atoms with Crippen LogP contribution in [0.25, 0.3) is 21.6 Å². The van der Waals surface area contributed by atoms with Gasteiger partial charge in [-0.3, -0.25) is 13.6 Å². The second kappa shape index (κ2) is 8.37. The van der Waals surface area contributed by atoms with Gasteiger partial charge in [0.25, 0.3) is 0 Å². The van der Waals surface area contributed by atoms with Crippen molar-refractivity contribution in [2.45, 2.75) is 49.8 Å². The van der Waals surface area contributed by atoms with Gasteiger partial charge < -0.3 is 19.9 Å². The van der Waals surface area contributed by atoms with Gasteiger partial charge in [-0.25, -0.2) is 14.6 Å². The van der Waals surface area contributed by atoms with E-state index in [1.165, 1.54) is 13.4 Å². The number of nitrogens with one attached hydrogen (secondary N) is 1. The van der Waals surface area contributed by atoms with Crippen molar-refractivity contribution in [2.75, 3.05) is 32.7 Å². The van der Waals surface area contributed by atoms with E-state index in [1.54, 1.807) is 11.5 Å². The van der Waals surface area contributed by atoms with Gasteiger partial charge in [-0.15, -0.1) is 0 Å². The Kier molecular flexibility index (Phi) is 5.65. The van der Waals surface area contributed by atoms with Crippen LogP contribution in [0.3, 0.4) is 0 Å². The Morgan fingerprint density at radius 3 is 2.94 bits per heavy atom. The molecule has 15 nitrogen and oxygen atoms in total. The van der Waals surface area contributed by atoms with Gasteiger partial charge in [0.2, 0.25) is 11.8 Å². The van der Waals surface area contributed by atoms with Crippen molar-refractivity contribution in [2.24, 2.45) is 5.11 Å². The third-order valence-electron chi connectivity index (χ3n) is 6.05. The molecular formula is C17H24N9O6P. The largest absolute Gasteiger partial charge is 0.479 e. The summed E-state index contributed by atoms with van der Waals surface area (Å²) >= 11 is 0. The highest BCUT2D eigenvalue weighted by atomic mass is 31.2. The summed E-state index contributed by atoms with van der Waals surface area (Å²) in [6, 6.07) is -0.0743. The van der Waals surface area contributed by atoms with Crippen molar-refractivity contribution in [3.05, 3.63) is 16.8 Å². The number of nitrogens with two attached hydrogens (primary N) is 1. The summed E-state index contributed by atoms with van der Waals surface area (Å²) in [5, 5.41) is 7.01. The van der Waals surface area contributed by atoms with E-state index in [2.05, 4.69) is 30.1 Å². The van der Waals surface area contributed by atoms with E-state index in [-0.39, 0.29) is 24.5 Å². The third-order valence-corrected chi connectivity index (χ3v) is 7.73. The van der Waals surface area contributed by atoms with Crippen LogP contribution in [-0.2, 0) is 23.1 Å². The van der Waals surface area contributed by atoms with E-state index in [9.17, 15) is 10.1 Å². The zero-order valence-electron chi connectivity index (χ0n) is 18.0. The van der Waals surface area contributed by atoms with Gasteiger partial charge in [0.05, 0.1) is 20.0 Å². The normalized spacial score (nSPS) is 34.7. The van der Waals surface area contributed by atoms with Gasteiger partial charge >= 0.3 is 7.75 Å². The number of methoxy groups -OCH3 is 1. The summed E-state index contributed by atoms with van der Waals surface area (Å²) in [4.78, 5) is 15.6. The smallest absolute Gasteiger partial charge is 0.406 e. The minimum absolute atomic E-state index is 0.0156. The second-order valence-corrected chi connectivity index (χ2v) is 9.91. The van der Waals surface area contributed by atoms with E-state index in [1.807, 2.05) is 0 Å². The fourth-order valence-corrected chi connectivity index (χ4v) is 6.33. The Labute approximate surface area is 188 Å². The molecule has 0 aromatic carbocycles. The lowest BCUT2D eigenvalue weighted by atomic mass is 9.93. The van der Waals surface area contributed by atoms with Crippen LogP contribution < -0.4 is 15.6 Å². The van der Waals surface area contributed by atoms with Gasteiger partial charge in [0.1, 0.15) is 17.7 Å². The molecule has 0 radical (unpaired) electrons. The molecule has 5 atom stereocenters. The van der Waals surface area contributed by atoms with Crippen LogP contribution in [0, 0.1) is 0 Å². The Bertz CT molecular complexity index is 1150. The average Bonchev–Trinajstić information content (AvgIpc) is 3.32. The maximum Gasteiger partial charge on any atom is 0.406 e. The molecule has 33 heavy (non-hydrogen) atoms. The number of anilines is 1. The van der Waals surface area contributed by atoms with Crippen molar-refractivity contribution in [1.29, 1.82) is 0 Å². The maximum absolute atomic E-state index is 13.4. The molecule has 3 aliphatic heterocycles. The van der Waals surface area contributed by atoms with Gasteiger partial charge in [-0.05, 0) is 25.3 Å². The van der Waals surface area contributed by atoms with Crippen molar-refractivity contribution in [1.82, 2.24) is 24.6 Å². The van der Waals surface area contributed by atoms with Gasteiger partial charge in [-0.1, -0.05) is 5.11 Å². The number of aromatic nitrogens is 4. The average molecular weight is 481 g/mol. The predicted molar refractivity (Wildman–Crippen MR) is 113 cm³/mol. The van der Waals surface area contributed by atoms with Crippen LogP contribution in [0.4, 0.5) is 5.95 Å². The Morgan fingerprint density at radius 2 is 2.21 bits per heavy atom. The summed E-state index contributed by atoms with van der Waals surface area (Å²) in [5.74, 6) is 0.175. The summed E-state index contributed by atoms with van der Waals surface area (Å²) in [5.41, 5.74) is 14.6. The molecular weight excluding hydrogens is 457 g/mol. The molecule has 3 saturated heterocycles. The number of rotatable bonds is 5. The zero-order chi connectivity index (χ0) is 23.2. The fourth-order valence-electron chi connectivity index (χ4n) is 4.43. The summed E-state index contributed by atoms with van der Waals surface area (Å²) in [6.45, 7) is 2.78. The molecule has 2 aromatic heterocycles. The van der Waals surface area contributed by atoms with Crippen molar-refractivity contribution < 1.29 is 27.8 Å². The number of imidazole rings is 1. The fraction of sp³-hybridized carbons (Fsp3) is 0.706. The molecule has 16 heteroatoms. The van der Waals surface area contributed by atoms with Crippen molar-refractivity contribution in [3.63, 3.8) is 0 Å². The molecule has 178 valence electrons. The minimum Gasteiger partial charge on any atom is -0.479 e. The number of hydrogen-bond donors (Lipinski definition) is 2.